The van der Waals surface area contributed by atoms with Crippen LogP contribution >= 0.6 is 0 Å². The molecule has 0 amide bonds. The van der Waals surface area contributed by atoms with Gasteiger partial charge in [-0.15, -0.1) is 6.58 Å². The van der Waals surface area contributed by atoms with E-state index in [1.165, 1.54) is 0 Å². The van der Waals surface area contributed by atoms with Gasteiger partial charge in [-0.3, -0.25) is 8.94 Å². The molecule has 0 fully saturated rings. The molecule has 0 bridgehead atoms. The highest BCUT2D eigenvalue weighted by molar-refractivity contribution is 7.85. The molecule has 0 rings (SSSR count). The molecular weight excluding hydrogens is 331 g/mol. The van der Waals surface area contributed by atoms with Crippen LogP contribution in [0.5, 0.6) is 0 Å². The first kappa shape index (κ1) is 24.6. The highest BCUT2D eigenvalue weighted by Gasteiger charge is 2.25. The van der Waals surface area contributed by atoms with Gasteiger partial charge >= 0.3 is 0 Å². The molecule has 0 aliphatic heterocycles. The smallest absolute Gasteiger partial charge is 0.267 e. The Labute approximate surface area is 138 Å². The minimum Gasteiger partial charge on any atom is -0.327 e. The number of hydrogen-bond acceptors (Lipinski definition) is 3. The summed E-state index contributed by atoms with van der Waals surface area (Å²) in [5.41, 5.74) is 4.91. The van der Waals surface area contributed by atoms with Crippen molar-refractivity contribution in [1.82, 2.24) is 0 Å². The van der Waals surface area contributed by atoms with Crippen LogP contribution in [0.15, 0.2) is 12.7 Å². The molecule has 0 aromatic carbocycles. The van der Waals surface area contributed by atoms with Crippen LogP contribution in [0.3, 0.4) is 0 Å². The van der Waals surface area contributed by atoms with Gasteiger partial charge in [-0.1, -0.05) is 44.6 Å². The van der Waals surface area contributed by atoms with Gasteiger partial charge in [0.1, 0.15) is 18.1 Å². The average molecular weight is 361 g/mol. The third-order valence-electron chi connectivity index (χ3n) is 3.04. The summed E-state index contributed by atoms with van der Waals surface area (Å²) in [5, 5.41) is 0. The largest absolute Gasteiger partial charge is 0.327 e. The Balaban J connectivity index is 0. The van der Waals surface area contributed by atoms with E-state index in [0.29, 0.717) is 19.4 Å². The van der Waals surface area contributed by atoms with Gasteiger partial charge in [0.25, 0.3) is 10.1 Å². The highest BCUT2D eigenvalue weighted by atomic mass is 32.2. The average Bonchev–Trinajstić information content (AvgIpc) is 2.48. The first-order valence-electron chi connectivity index (χ1n) is 7.88. The fraction of sp³-hybridized carbons (Fsp3) is 0.867. The minimum atomic E-state index is -4.46. The fourth-order valence-corrected chi connectivity index (χ4v) is 2.42. The predicted molar refractivity (Wildman–Crippen MR) is 88.4 cm³/mol. The van der Waals surface area contributed by atoms with Crippen molar-refractivity contribution in [2.45, 2.75) is 63.7 Å². The molecule has 0 aliphatic carbocycles. The normalized spacial score (nSPS) is 13.8. The van der Waals surface area contributed by atoms with Crippen molar-refractivity contribution < 1.29 is 26.1 Å². The van der Waals surface area contributed by atoms with Gasteiger partial charge < -0.3 is 5.73 Å². The van der Waals surface area contributed by atoms with Crippen molar-refractivity contribution >= 4 is 10.1 Å². The van der Waals surface area contributed by atoms with E-state index in [1.807, 2.05) is 0 Å². The van der Waals surface area contributed by atoms with Gasteiger partial charge in [0.15, 0.2) is 0 Å². The Hall–Kier alpha value is -0.600. The maximum atomic E-state index is 13.2. The van der Waals surface area contributed by atoms with Crippen LogP contribution in [0.1, 0.15) is 51.4 Å². The Morgan fingerprint density at radius 2 is 1.43 bits per heavy atom. The lowest BCUT2D eigenvalue weighted by Gasteiger charge is -2.11. The third-order valence-corrected chi connectivity index (χ3v) is 3.78. The molecular formula is C15H30F3NO3S. The van der Waals surface area contributed by atoms with E-state index in [1.54, 1.807) is 6.08 Å². The van der Waals surface area contributed by atoms with Crippen LogP contribution in [-0.2, 0) is 10.1 Å². The lowest BCUT2D eigenvalue weighted by molar-refractivity contribution is 0.169. The van der Waals surface area contributed by atoms with Gasteiger partial charge in [-0.2, -0.15) is 8.42 Å². The topological polar surface area (TPSA) is 80.4 Å². The lowest BCUT2D eigenvalue weighted by atomic mass is 10.1. The lowest BCUT2D eigenvalue weighted by Crippen LogP contribution is -2.26. The molecule has 0 spiro atoms. The quantitative estimate of drug-likeness (QED) is 0.297. The zero-order chi connectivity index (χ0) is 18.1. The van der Waals surface area contributed by atoms with Gasteiger partial charge in [-0.05, 0) is 12.8 Å². The number of halogens is 3. The SMILES string of the molecule is C=CCN.O=S(=O)(O)CC(F)C(F)CCCCCCCCCF. The second-order valence-corrected chi connectivity index (χ2v) is 6.75. The Morgan fingerprint density at radius 3 is 1.83 bits per heavy atom. The fourth-order valence-electron chi connectivity index (χ4n) is 1.80. The molecule has 0 radical (unpaired) electrons. The molecule has 0 aromatic rings. The summed E-state index contributed by atoms with van der Waals surface area (Å²) in [7, 11) is -4.46. The number of alkyl halides is 3. The van der Waals surface area contributed by atoms with Crippen molar-refractivity contribution in [3.8, 4) is 0 Å². The highest BCUT2D eigenvalue weighted by Crippen LogP contribution is 2.16. The summed E-state index contributed by atoms with van der Waals surface area (Å²) in [6.07, 6.45) is 3.01. The van der Waals surface area contributed by atoms with Crippen molar-refractivity contribution in [1.29, 1.82) is 0 Å². The second-order valence-electron chi connectivity index (χ2n) is 5.26. The number of hydrogen-bond donors (Lipinski definition) is 2. The van der Waals surface area contributed by atoms with E-state index in [2.05, 4.69) is 6.58 Å². The Kier molecular flexibility index (Phi) is 17.4. The molecule has 140 valence electrons. The molecule has 0 aromatic heterocycles. The number of unbranched alkanes of at least 4 members (excludes halogenated alkanes) is 6. The van der Waals surface area contributed by atoms with Crippen LogP contribution < -0.4 is 5.73 Å². The van der Waals surface area contributed by atoms with Crippen molar-refractivity contribution in [2.75, 3.05) is 19.0 Å². The van der Waals surface area contributed by atoms with Crippen LogP contribution in [0.2, 0.25) is 0 Å². The van der Waals surface area contributed by atoms with Crippen molar-refractivity contribution in [2.24, 2.45) is 5.73 Å². The van der Waals surface area contributed by atoms with Crippen LogP contribution in [0.25, 0.3) is 0 Å². The predicted octanol–water partition coefficient (Wildman–Crippen LogP) is 3.77. The second kappa shape index (κ2) is 16.3. The third kappa shape index (κ3) is 21.4. The van der Waals surface area contributed by atoms with E-state index in [0.717, 1.165) is 32.1 Å². The van der Waals surface area contributed by atoms with E-state index in [9.17, 15) is 21.6 Å². The molecule has 0 heterocycles. The molecule has 8 heteroatoms. The molecule has 0 aliphatic rings. The molecule has 2 unspecified atom stereocenters. The van der Waals surface area contributed by atoms with Gasteiger partial charge in [0, 0.05) is 6.54 Å². The molecule has 3 N–H and O–H groups in total. The van der Waals surface area contributed by atoms with Crippen LogP contribution in [0.4, 0.5) is 13.2 Å². The molecule has 0 saturated carbocycles. The monoisotopic (exact) mass is 361 g/mol. The molecule has 23 heavy (non-hydrogen) atoms. The maximum Gasteiger partial charge on any atom is 0.267 e. The van der Waals surface area contributed by atoms with Crippen molar-refractivity contribution in [3.63, 3.8) is 0 Å². The summed E-state index contributed by atoms with van der Waals surface area (Å²) in [4.78, 5) is 0. The van der Waals surface area contributed by atoms with Gasteiger partial charge in [0.05, 0.1) is 6.67 Å². The minimum absolute atomic E-state index is 0.0405. The van der Waals surface area contributed by atoms with E-state index in [4.69, 9.17) is 10.3 Å². The van der Waals surface area contributed by atoms with Gasteiger partial charge in [-0.25, -0.2) is 8.78 Å². The summed E-state index contributed by atoms with van der Waals surface area (Å²) in [6.45, 7) is 3.64. The Bertz CT molecular complexity index is 367. The summed E-state index contributed by atoms with van der Waals surface area (Å²) < 4.78 is 67.2. The maximum absolute atomic E-state index is 13.2. The molecule has 4 nitrogen and oxygen atoms in total. The first-order chi connectivity index (χ1) is 10.8. The van der Waals surface area contributed by atoms with E-state index in [-0.39, 0.29) is 13.1 Å². The Morgan fingerprint density at radius 1 is 1.00 bits per heavy atom. The zero-order valence-corrected chi connectivity index (χ0v) is 14.4. The number of rotatable bonds is 13. The van der Waals surface area contributed by atoms with E-state index < -0.39 is 28.2 Å². The zero-order valence-electron chi connectivity index (χ0n) is 13.6. The van der Waals surface area contributed by atoms with Crippen molar-refractivity contribution in [3.05, 3.63) is 12.7 Å². The molecule has 2 atom stereocenters. The van der Waals surface area contributed by atoms with Crippen LogP contribution in [-0.4, -0.2) is 44.3 Å². The molecule has 0 saturated heterocycles. The summed E-state index contributed by atoms with van der Waals surface area (Å²) in [6, 6.07) is 0. The first-order valence-corrected chi connectivity index (χ1v) is 9.49. The van der Waals surface area contributed by atoms with Gasteiger partial charge in [0.2, 0.25) is 0 Å². The number of nitrogens with two attached hydrogens (primary N) is 1. The van der Waals surface area contributed by atoms with Crippen LogP contribution in [0, 0.1) is 0 Å². The standard InChI is InChI=1S/C12H23F3O3S.C3H7N/c13-9-7-5-3-1-2-4-6-8-11(14)12(15)10-19(16,17)18;1-2-3-4/h11-12H,1-10H2,(H,16,17,18);2H,1,3-4H2. The summed E-state index contributed by atoms with van der Waals surface area (Å²) >= 11 is 0. The van der Waals surface area contributed by atoms with E-state index >= 15 is 0 Å². The summed E-state index contributed by atoms with van der Waals surface area (Å²) in [5.74, 6) is -1.18.